The van der Waals surface area contributed by atoms with Crippen LogP contribution in [-0.4, -0.2) is 24.0 Å². The Labute approximate surface area is 174 Å². The Balaban J connectivity index is 1.60. The number of carbonyl (C=O) groups excluding carboxylic acids is 2. The van der Waals surface area contributed by atoms with Crippen LogP contribution in [0, 0.1) is 6.92 Å². The zero-order valence-electron chi connectivity index (χ0n) is 17.2. The summed E-state index contributed by atoms with van der Waals surface area (Å²) in [6, 6.07) is 3.83. The quantitative estimate of drug-likeness (QED) is 0.752. The van der Waals surface area contributed by atoms with Gasteiger partial charge in [-0.2, -0.15) is 0 Å². The summed E-state index contributed by atoms with van der Waals surface area (Å²) in [7, 11) is 0. The molecule has 1 aliphatic carbocycles. The third kappa shape index (κ3) is 4.06. The van der Waals surface area contributed by atoms with Gasteiger partial charge in [-0.15, -0.1) is 0 Å². The minimum absolute atomic E-state index is 0.0360. The Morgan fingerprint density at radius 3 is 2.67 bits per heavy atom. The van der Waals surface area contributed by atoms with E-state index in [1.54, 1.807) is 0 Å². The van der Waals surface area contributed by atoms with Crippen LogP contribution in [0.2, 0.25) is 0 Å². The maximum Gasteiger partial charge on any atom is 0.340 e. The average molecular weight is 412 g/mol. The number of carboxylic acid groups (broad SMARTS) is 1. The molecule has 7 nitrogen and oxygen atoms in total. The zero-order chi connectivity index (χ0) is 21.3. The number of hydrogen-bond acceptors (Lipinski definition) is 6. The van der Waals surface area contributed by atoms with Crippen LogP contribution in [0.15, 0.2) is 21.3 Å². The van der Waals surface area contributed by atoms with Crippen molar-refractivity contribution in [2.75, 3.05) is 6.54 Å². The molecule has 2 aromatic rings. The minimum atomic E-state index is -1.24. The number of hydrogen-bond donors (Lipinski definition) is 1. The number of aliphatic carboxylic acids is 1. The monoisotopic (exact) mass is 412 g/mol. The molecule has 2 aliphatic rings. The van der Waals surface area contributed by atoms with Crippen molar-refractivity contribution in [3.05, 3.63) is 39.2 Å². The summed E-state index contributed by atoms with van der Waals surface area (Å²) in [5.74, 6) is -0.865. The van der Waals surface area contributed by atoms with Crippen molar-refractivity contribution in [2.45, 2.75) is 70.3 Å². The van der Waals surface area contributed by atoms with Gasteiger partial charge in [-0.3, -0.25) is 4.79 Å². The van der Waals surface area contributed by atoms with E-state index < -0.39 is 17.5 Å². The van der Waals surface area contributed by atoms with Gasteiger partial charge in [0.2, 0.25) is 5.91 Å². The Hall–Kier alpha value is -2.83. The molecule has 1 amide bonds. The van der Waals surface area contributed by atoms with Gasteiger partial charge in [0.25, 0.3) is 0 Å². The molecule has 0 radical (unpaired) electrons. The molecule has 7 heteroatoms. The van der Waals surface area contributed by atoms with Crippen molar-refractivity contribution in [1.82, 2.24) is 5.32 Å². The first kappa shape index (κ1) is 20.4. The van der Waals surface area contributed by atoms with E-state index >= 15 is 0 Å². The molecular formula is C23H26NO6-. The number of ether oxygens (including phenoxy) is 1. The predicted molar refractivity (Wildman–Crippen MR) is 108 cm³/mol. The highest BCUT2D eigenvalue weighted by atomic mass is 16.5. The third-order valence-corrected chi connectivity index (χ3v) is 6.40. The number of carboxylic acids is 1. The fourth-order valence-corrected chi connectivity index (χ4v) is 4.68. The summed E-state index contributed by atoms with van der Waals surface area (Å²) in [4.78, 5) is 35.1. The molecule has 160 valence electrons. The standard InChI is InChI=1S/C23H27NO6/c1-14-16-11-15-5-9-23(7-3-2-4-8-23)30-18(15)13-19(16)29-22(28)17(14)12-20(25)24-10-6-21(26)27/h11,13H,2-10,12H2,1H3,(H,24,25)(H,26,27)/p-1. The molecule has 0 bridgehead atoms. The van der Waals surface area contributed by atoms with E-state index in [0.717, 1.165) is 42.4 Å². The van der Waals surface area contributed by atoms with Crippen LogP contribution < -0.4 is 20.8 Å². The van der Waals surface area contributed by atoms with Gasteiger partial charge < -0.3 is 24.4 Å². The van der Waals surface area contributed by atoms with Crippen LogP contribution in [0.4, 0.5) is 0 Å². The van der Waals surface area contributed by atoms with Gasteiger partial charge in [-0.05, 0) is 62.6 Å². The molecule has 1 aliphatic heterocycles. The molecule has 0 atom stereocenters. The lowest BCUT2D eigenvalue weighted by Gasteiger charge is -2.41. The van der Waals surface area contributed by atoms with Gasteiger partial charge in [0.05, 0.1) is 12.0 Å². The first-order valence-corrected chi connectivity index (χ1v) is 10.6. The van der Waals surface area contributed by atoms with Crippen LogP contribution in [-0.2, 0) is 22.4 Å². The molecule has 30 heavy (non-hydrogen) atoms. The lowest BCUT2D eigenvalue weighted by molar-refractivity contribution is -0.305. The number of nitrogens with one attached hydrogen (secondary N) is 1. The number of carbonyl (C=O) groups is 2. The van der Waals surface area contributed by atoms with E-state index in [1.807, 2.05) is 19.1 Å². The van der Waals surface area contributed by atoms with Crippen LogP contribution in [0.1, 0.15) is 61.6 Å². The van der Waals surface area contributed by atoms with E-state index in [9.17, 15) is 19.5 Å². The summed E-state index contributed by atoms with van der Waals surface area (Å²) in [6.45, 7) is 1.77. The molecule has 4 rings (SSSR count). The molecule has 1 fully saturated rings. The summed E-state index contributed by atoms with van der Waals surface area (Å²) in [5, 5.41) is 13.8. The van der Waals surface area contributed by atoms with E-state index in [1.165, 1.54) is 19.3 Å². The van der Waals surface area contributed by atoms with E-state index in [-0.39, 0.29) is 30.6 Å². The number of aryl methyl sites for hydroxylation is 2. The molecule has 1 spiro atoms. The second kappa shape index (κ2) is 8.13. The molecule has 0 saturated heterocycles. The number of rotatable bonds is 5. The van der Waals surface area contributed by atoms with Gasteiger partial charge in [0.1, 0.15) is 16.9 Å². The van der Waals surface area contributed by atoms with E-state index in [2.05, 4.69) is 5.32 Å². The second-order valence-corrected chi connectivity index (χ2v) is 8.44. The smallest absolute Gasteiger partial charge is 0.340 e. The minimum Gasteiger partial charge on any atom is -0.550 e. The van der Waals surface area contributed by atoms with Crippen LogP contribution in [0.5, 0.6) is 5.75 Å². The Bertz CT molecular complexity index is 1050. The SMILES string of the molecule is Cc1c(CC(=O)NCCC(=O)[O-])c(=O)oc2cc3c(cc12)CCC1(CCCCC1)O3. The van der Waals surface area contributed by atoms with Crippen molar-refractivity contribution in [3.63, 3.8) is 0 Å². The van der Waals surface area contributed by atoms with Crippen LogP contribution in [0.25, 0.3) is 11.0 Å². The Morgan fingerprint density at radius 2 is 1.93 bits per heavy atom. The topological polar surface area (TPSA) is 109 Å². The highest BCUT2D eigenvalue weighted by molar-refractivity contribution is 5.86. The largest absolute Gasteiger partial charge is 0.550 e. The zero-order valence-corrected chi connectivity index (χ0v) is 17.2. The van der Waals surface area contributed by atoms with Crippen molar-refractivity contribution in [1.29, 1.82) is 0 Å². The summed E-state index contributed by atoms with van der Waals surface area (Å²) < 4.78 is 12.0. The third-order valence-electron chi connectivity index (χ3n) is 6.40. The molecule has 1 aromatic heterocycles. The molecular weight excluding hydrogens is 386 g/mol. The van der Waals surface area contributed by atoms with Crippen molar-refractivity contribution in [2.24, 2.45) is 0 Å². The maximum absolute atomic E-state index is 12.5. The maximum atomic E-state index is 12.5. The normalized spacial score (nSPS) is 17.4. The van der Waals surface area contributed by atoms with Gasteiger partial charge >= 0.3 is 5.63 Å². The predicted octanol–water partition coefficient (Wildman–Crippen LogP) is 1.93. The van der Waals surface area contributed by atoms with Gasteiger partial charge in [0, 0.05) is 30.4 Å². The summed E-state index contributed by atoms with van der Waals surface area (Å²) >= 11 is 0. The first-order chi connectivity index (χ1) is 14.4. The Morgan fingerprint density at radius 1 is 1.17 bits per heavy atom. The average Bonchev–Trinajstić information content (AvgIpc) is 2.70. The second-order valence-electron chi connectivity index (χ2n) is 8.44. The Kier molecular flexibility index (Phi) is 5.54. The highest BCUT2D eigenvalue weighted by Crippen LogP contribution is 2.43. The van der Waals surface area contributed by atoms with Crippen LogP contribution >= 0.6 is 0 Å². The fourth-order valence-electron chi connectivity index (χ4n) is 4.68. The van der Waals surface area contributed by atoms with Gasteiger partial charge in [-0.1, -0.05) is 6.42 Å². The number of amides is 1. The molecule has 1 aromatic carbocycles. The van der Waals surface area contributed by atoms with Gasteiger partial charge in [0.15, 0.2) is 0 Å². The van der Waals surface area contributed by atoms with Crippen molar-refractivity contribution in [3.8, 4) is 5.75 Å². The van der Waals surface area contributed by atoms with Crippen LogP contribution in [0.3, 0.4) is 0 Å². The van der Waals surface area contributed by atoms with E-state index in [4.69, 9.17) is 9.15 Å². The first-order valence-electron chi connectivity index (χ1n) is 10.6. The summed E-state index contributed by atoms with van der Waals surface area (Å²) in [5.41, 5.74) is 1.91. The summed E-state index contributed by atoms with van der Waals surface area (Å²) in [6.07, 6.45) is 7.25. The number of benzene rings is 1. The molecule has 1 saturated carbocycles. The lowest BCUT2D eigenvalue weighted by Crippen LogP contribution is -2.41. The lowest BCUT2D eigenvalue weighted by atomic mass is 9.79. The molecule has 0 unspecified atom stereocenters. The van der Waals surface area contributed by atoms with Crippen molar-refractivity contribution >= 4 is 22.8 Å². The fraction of sp³-hybridized carbons (Fsp3) is 0.522. The molecule has 1 N–H and O–H groups in total. The number of fused-ring (bicyclic) bond motifs is 2. The van der Waals surface area contributed by atoms with E-state index in [0.29, 0.717) is 11.1 Å². The highest BCUT2D eigenvalue weighted by Gasteiger charge is 2.37. The molecule has 2 heterocycles. The van der Waals surface area contributed by atoms with Gasteiger partial charge in [-0.25, -0.2) is 4.79 Å². The van der Waals surface area contributed by atoms with Crippen molar-refractivity contribution < 1.29 is 23.8 Å².